The zero-order valence-electron chi connectivity index (χ0n) is 17.1. The molecule has 0 bridgehead atoms. The molecule has 2 aliphatic heterocycles. The van der Waals surface area contributed by atoms with E-state index in [0.717, 1.165) is 75.0 Å². The van der Waals surface area contributed by atoms with Gasteiger partial charge < -0.3 is 10.2 Å². The van der Waals surface area contributed by atoms with E-state index in [2.05, 4.69) is 29.6 Å². The Balaban J connectivity index is 1.17. The predicted octanol–water partition coefficient (Wildman–Crippen LogP) is 4.10. The highest BCUT2D eigenvalue weighted by molar-refractivity contribution is 6.05. The van der Waals surface area contributed by atoms with Crippen molar-refractivity contribution < 1.29 is 9.59 Å². The quantitative estimate of drug-likeness (QED) is 0.491. The maximum absolute atomic E-state index is 12.7. The second-order valence-corrected chi connectivity index (χ2v) is 8.19. The Labute approximate surface area is 173 Å². The van der Waals surface area contributed by atoms with Gasteiger partial charge in [-0.3, -0.25) is 9.59 Å². The van der Waals surface area contributed by atoms with E-state index in [1.807, 2.05) is 23.1 Å². The molecule has 0 aromatic heterocycles. The van der Waals surface area contributed by atoms with Gasteiger partial charge in [-0.05, 0) is 74.0 Å². The summed E-state index contributed by atoms with van der Waals surface area (Å²) in [6.45, 7) is 2.82. The van der Waals surface area contributed by atoms with Crippen molar-refractivity contribution in [2.24, 2.45) is 0 Å². The van der Waals surface area contributed by atoms with Gasteiger partial charge in [0, 0.05) is 18.5 Å². The standard InChI is InChI=1S/C25H30N2O2/c28-23(11-5-2-6-13-26-14-12-19-8-3-1-4-9-19)21-16-20-10-7-15-27-24(29)18-22(17-21)25(20)27/h1,3-4,8-9,16-17,26H,2,5-7,10-15,18H2. The van der Waals surface area contributed by atoms with Crippen molar-refractivity contribution in [2.45, 2.75) is 51.4 Å². The van der Waals surface area contributed by atoms with Gasteiger partial charge in [0.1, 0.15) is 0 Å². The van der Waals surface area contributed by atoms with Gasteiger partial charge in [-0.25, -0.2) is 0 Å². The average molecular weight is 391 g/mol. The summed E-state index contributed by atoms with van der Waals surface area (Å²) in [7, 11) is 0. The molecule has 2 aliphatic rings. The van der Waals surface area contributed by atoms with E-state index in [1.54, 1.807) is 0 Å². The Morgan fingerprint density at radius 1 is 1.00 bits per heavy atom. The van der Waals surface area contributed by atoms with E-state index in [4.69, 9.17) is 0 Å². The van der Waals surface area contributed by atoms with Gasteiger partial charge in [-0.15, -0.1) is 0 Å². The van der Waals surface area contributed by atoms with Gasteiger partial charge in [0.25, 0.3) is 0 Å². The first-order valence-corrected chi connectivity index (χ1v) is 11.0. The third-order valence-electron chi connectivity index (χ3n) is 6.02. The molecule has 29 heavy (non-hydrogen) atoms. The number of benzene rings is 2. The summed E-state index contributed by atoms with van der Waals surface area (Å²) in [5.41, 5.74) is 5.50. The fourth-order valence-corrected chi connectivity index (χ4v) is 4.50. The molecule has 0 saturated carbocycles. The molecular weight excluding hydrogens is 360 g/mol. The third-order valence-corrected chi connectivity index (χ3v) is 6.02. The predicted molar refractivity (Wildman–Crippen MR) is 117 cm³/mol. The van der Waals surface area contributed by atoms with Crippen molar-refractivity contribution in [3.63, 3.8) is 0 Å². The molecule has 0 atom stereocenters. The van der Waals surface area contributed by atoms with E-state index in [0.29, 0.717) is 12.8 Å². The summed E-state index contributed by atoms with van der Waals surface area (Å²) >= 11 is 0. The van der Waals surface area contributed by atoms with Crippen molar-refractivity contribution in [1.82, 2.24) is 5.32 Å². The van der Waals surface area contributed by atoms with Crippen LogP contribution in [0.4, 0.5) is 5.69 Å². The molecule has 0 saturated heterocycles. The number of unbranched alkanes of at least 4 members (excludes halogenated alkanes) is 2. The zero-order chi connectivity index (χ0) is 20.1. The Kier molecular flexibility index (Phi) is 6.40. The number of carbonyl (C=O) groups excluding carboxylic acids is 2. The molecular formula is C25H30N2O2. The van der Waals surface area contributed by atoms with E-state index < -0.39 is 0 Å². The number of Topliss-reactive ketones (excluding diaryl/α,β-unsaturated/α-hetero) is 1. The van der Waals surface area contributed by atoms with Crippen LogP contribution in [-0.2, 0) is 24.1 Å². The van der Waals surface area contributed by atoms with Gasteiger partial charge in [0.2, 0.25) is 5.91 Å². The number of rotatable bonds is 10. The van der Waals surface area contributed by atoms with Crippen molar-refractivity contribution >= 4 is 17.4 Å². The number of hydrogen-bond acceptors (Lipinski definition) is 3. The Hall–Kier alpha value is -2.46. The van der Waals surface area contributed by atoms with Crippen LogP contribution >= 0.6 is 0 Å². The molecule has 1 amide bonds. The van der Waals surface area contributed by atoms with Crippen molar-refractivity contribution in [3.8, 4) is 0 Å². The van der Waals surface area contributed by atoms with E-state index in [9.17, 15) is 9.59 Å². The molecule has 1 N–H and O–H groups in total. The maximum Gasteiger partial charge on any atom is 0.231 e. The summed E-state index contributed by atoms with van der Waals surface area (Å²) in [6.07, 6.45) is 7.17. The number of nitrogens with zero attached hydrogens (tertiary/aromatic N) is 1. The number of amides is 1. The van der Waals surface area contributed by atoms with Crippen LogP contribution in [0, 0.1) is 0 Å². The van der Waals surface area contributed by atoms with E-state index in [1.165, 1.54) is 11.1 Å². The number of ketones is 1. The van der Waals surface area contributed by atoms with Crippen LogP contribution in [0.3, 0.4) is 0 Å². The van der Waals surface area contributed by atoms with Gasteiger partial charge in [0.15, 0.2) is 5.78 Å². The lowest BCUT2D eigenvalue weighted by Crippen LogP contribution is -2.31. The molecule has 2 heterocycles. The van der Waals surface area contributed by atoms with E-state index >= 15 is 0 Å². The first kappa shape index (κ1) is 19.8. The van der Waals surface area contributed by atoms with Gasteiger partial charge >= 0.3 is 0 Å². The van der Waals surface area contributed by atoms with Crippen molar-refractivity contribution in [1.29, 1.82) is 0 Å². The van der Waals surface area contributed by atoms with Gasteiger partial charge in [-0.1, -0.05) is 36.8 Å². The molecule has 152 valence electrons. The molecule has 0 unspecified atom stereocenters. The molecule has 2 aromatic carbocycles. The van der Waals surface area contributed by atoms with Crippen molar-refractivity contribution in [3.05, 3.63) is 64.7 Å². The fraction of sp³-hybridized carbons (Fsp3) is 0.440. The zero-order valence-corrected chi connectivity index (χ0v) is 17.1. The van der Waals surface area contributed by atoms with Crippen LogP contribution in [0.5, 0.6) is 0 Å². The van der Waals surface area contributed by atoms with Crippen LogP contribution in [-0.4, -0.2) is 31.3 Å². The Morgan fingerprint density at radius 3 is 2.69 bits per heavy atom. The average Bonchev–Trinajstić information content (AvgIpc) is 3.07. The van der Waals surface area contributed by atoms with Crippen LogP contribution in [0.1, 0.15) is 59.2 Å². The summed E-state index contributed by atoms with van der Waals surface area (Å²) in [4.78, 5) is 26.7. The minimum Gasteiger partial charge on any atom is -0.316 e. The third kappa shape index (κ3) is 4.76. The van der Waals surface area contributed by atoms with Crippen LogP contribution in [0.15, 0.2) is 42.5 Å². The lowest BCUT2D eigenvalue weighted by molar-refractivity contribution is -0.117. The van der Waals surface area contributed by atoms with Gasteiger partial charge in [-0.2, -0.15) is 0 Å². The number of aryl methyl sites for hydroxylation is 1. The monoisotopic (exact) mass is 390 g/mol. The fourth-order valence-electron chi connectivity index (χ4n) is 4.50. The Bertz CT molecular complexity index is 876. The smallest absolute Gasteiger partial charge is 0.231 e. The second-order valence-electron chi connectivity index (χ2n) is 8.19. The summed E-state index contributed by atoms with van der Waals surface area (Å²) in [5, 5.41) is 3.49. The number of anilines is 1. The number of carbonyl (C=O) groups is 2. The minimum absolute atomic E-state index is 0.185. The van der Waals surface area contributed by atoms with Crippen molar-refractivity contribution in [2.75, 3.05) is 24.5 Å². The normalized spacial score (nSPS) is 14.9. The van der Waals surface area contributed by atoms with E-state index in [-0.39, 0.29) is 11.7 Å². The lowest BCUT2D eigenvalue weighted by Gasteiger charge is -2.25. The summed E-state index contributed by atoms with van der Waals surface area (Å²) in [6, 6.07) is 14.5. The molecule has 0 fully saturated rings. The molecule has 0 spiro atoms. The number of nitrogens with one attached hydrogen (secondary N) is 1. The summed E-state index contributed by atoms with van der Waals surface area (Å²) in [5.74, 6) is 0.405. The van der Waals surface area contributed by atoms with Crippen LogP contribution in [0.2, 0.25) is 0 Å². The SMILES string of the molecule is O=C(CCCCCNCCc1ccccc1)c1cc2c3c(c1)CC(=O)N3CCC2. The molecule has 4 rings (SSSR count). The van der Waals surface area contributed by atoms with Crippen LogP contribution in [0.25, 0.3) is 0 Å². The topological polar surface area (TPSA) is 49.4 Å². The largest absolute Gasteiger partial charge is 0.316 e. The first-order valence-electron chi connectivity index (χ1n) is 11.0. The minimum atomic E-state index is 0.185. The molecule has 0 aliphatic carbocycles. The highest BCUT2D eigenvalue weighted by Gasteiger charge is 2.32. The van der Waals surface area contributed by atoms with Crippen LogP contribution < -0.4 is 10.2 Å². The Morgan fingerprint density at radius 2 is 1.83 bits per heavy atom. The second kappa shape index (κ2) is 9.36. The molecule has 4 nitrogen and oxygen atoms in total. The molecule has 2 aromatic rings. The maximum atomic E-state index is 12.7. The lowest BCUT2D eigenvalue weighted by atomic mass is 9.94. The number of hydrogen-bond donors (Lipinski definition) is 1. The molecule has 4 heteroatoms. The summed E-state index contributed by atoms with van der Waals surface area (Å²) < 4.78 is 0. The first-order chi connectivity index (χ1) is 14.2. The van der Waals surface area contributed by atoms with Gasteiger partial charge in [0.05, 0.1) is 12.1 Å². The highest BCUT2D eigenvalue weighted by atomic mass is 16.2. The highest BCUT2D eigenvalue weighted by Crippen LogP contribution is 2.37. The molecule has 0 radical (unpaired) electrons.